The fourth-order valence-electron chi connectivity index (χ4n) is 1.70. The summed E-state index contributed by atoms with van der Waals surface area (Å²) in [7, 11) is 0. The number of halogens is 2. The van der Waals surface area contributed by atoms with E-state index in [4.69, 9.17) is 0 Å². The minimum atomic E-state index is -0.432. The highest BCUT2D eigenvalue weighted by atomic mass is 79.9. The van der Waals surface area contributed by atoms with Crippen molar-refractivity contribution in [1.29, 1.82) is 0 Å². The Balaban J connectivity index is 0.000000771. The summed E-state index contributed by atoms with van der Waals surface area (Å²) < 4.78 is 15.7. The number of fused-ring (bicyclic) bond motifs is 1. The summed E-state index contributed by atoms with van der Waals surface area (Å²) in [5.41, 5.74) is 0.505. The van der Waals surface area contributed by atoms with Crippen LogP contribution in [-0.2, 0) is 0 Å². The molecule has 0 spiro atoms. The zero-order valence-electron chi connectivity index (χ0n) is 10.9. The first-order chi connectivity index (χ1) is 8.50. The Bertz CT molecular complexity index is 608. The normalized spacial score (nSPS) is 10.4. The third-order valence-corrected chi connectivity index (χ3v) is 2.78. The van der Waals surface area contributed by atoms with Crippen LogP contribution < -0.4 is 5.56 Å². The Labute approximate surface area is 114 Å². The van der Waals surface area contributed by atoms with E-state index in [1.165, 1.54) is 10.6 Å². The Kier molecular flexibility index (Phi) is 5.02. The Morgan fingerprint density at radius 2 is 1.94 bits per heavy atom. The van der Waals surface area contributed by atoms with E-state index in [-0.39, 0.29) is 17.1 Å². The summed E-state index contributed by atoms with van der Waals surface area (Å²) >= 11 is 3.21. The lowest BCUT2D eigenvalue weighted by molar-refractivity contribution is 0.591. The number of benzene rings is 1. The van der Waals surface area contributed by atoms with Gasteiger partial charge in [0.2, 0.25) is 0 Å². The van der Waals surface area contributed by atoms with Gasteiger partial charge in [0.1, 0.15) is 5.52 Å². The van der Waals surface area contributed by atoms with Gasteiger partial charge in [-0.25, -0.2) is 9.37 Å². The molecule has 2 rings (SSSR count). The average Bonchev–Trinajstić information content (AvgIpc) is 2.30. The first-order valence-corrected chi connectivity index (χ1v) is 6.66. The number of nitrogens with zero attached hydrogens (tertiary/aromatic N) is 2. The van der Waals surface area contributed by atoms with Gasteiger partial charge in [-0.05, 0) is 26.0 Å². The molecule has 1 aromatic carbocycles. The standard InChI is InChI=1S/C11H10BrFN2O.C2H6/c1-6(2)15-9-4-7(12)3-8(13)11(9)14-5-10(15)16;1-2/h3-6H,1-2H3;1-2H3. The summed E-state index contributed by atoms with van der Waals surface area (Å²) in [5.74, 6) is -0.432. The molecule has 1 heterocycles. The van der Waals surface area contributed by atoms with Crippen molar-refractivity contribution in [3.63, 3.8) is 0 Å². The van der Waals surface area contributed by atoms with Crippen molar-refractivity contribution in [1.82, 2.24) is 9.55 Å². The van der Waals surface area contributed by atoms with Gasteiger partial charge in [-0.1, -0.05) is 29.8 Å². The van der Waals surface area contributed by atoms with Gasteiger partial charge in [0.05, 0.1) is 11.7 Å². The molecule has 0 N–H and O–H groups in total. The highest BCUT2D eigenvalue weighted by Crippen LogP contribution is 2.22. The molecule has 0 saturated heterocycles. The maximum absolute atomic E-state index is 13.6. The third kappa shape index (κ3) is 2.77. The monoisotopic (exact) mass is 314 g/mol. The molecule has 5 heteroatoms. The van der Waals surface area contributed by atoms with Gasteiger partial charge in [-0.3, -0.25) is 4.79 Å². The molecular formula is C13H16BrFN2O. The largest absolute Gasteiger partial charge is 0.303 e. The number of hydrogen-bond donors (Lipinski definition) is 0. The van der Waals surface area contributed by atoms with Crippen LogP contribution in [0.1, 0.15) is 33.7 Å². The number of aromatic nitrogens is 2. The van der Waals surface area contributed by atoms with Gasteiger partial charge in [0, 0.05) is 10.5 Å². The van der Waals surface area contributed by atoms with E-state index in [2.05, 4.69) is 20.9 Å². The zero-order chi connectivity index (χ0) is 13.9. The molecule has 0 radical (unpaired) electrons. The van der Waals surface area contributed by atoms with E-state index in [0.717, 1.165) is 6.20 Å². The molecule has 0 amide bonds. The van der Waals surface area contributed by atoms with Gasteiger partial charge < -0.3 is 4.57 Å². The van der Waals surface area contributed by atoms with Crippen LogP contribution in [0.25, 0.3) is 11.0 Å². The van der Waals surface area contributed by atoms with Crippen molar-refractivity contribution in [2.75, 3.05) is 0 Å². The van der Waals surface area contributed by atoms with E-state index in [1.807, 2.05) is 27.7 Å². The zero-order valence-corrected chi connectivity index (χ0v) is 12.5. The molecule has 0 aliphatic heterocycles. The highest BCUT2D eigenvalue weighted by molar-refractivity contribution is 9.10. The SMILES string of the molecule is CC.CC(C)n1c(=O)cnc2c(F)cc(Br)cc21. The van der Waals surface area contributed by atoms with Crippen LogP contribution in [0.3, 0.4) is 0 Å². The second-order valence-corrected chi connectivity index (χ2v) is 4.73. The fraction of sp³-hybridized carbons (Fsp3) is 0.385. The number of rotatable bonds is 1. The minimum Gasteiger partial charge on any atom is -0.303 e. The first-order valence-electron chi connectivity index (χ1n) is 5.87. The molecule has 0 saturated carbocycles. The summed E-state index contributed by atoms with van der Waals surface area (Å²) in [5, 5.41) is 0. The predicted octanol–water partition coefficient (Wildman–Crippen LogP) is 3.91. The van der Waals surface area contributed by atoms with Gasteiger partial charge >= 0.3 is 0 Å². The van der Waals surface area contributed by atoms with E-state index in [0.29, 0.717) is 9.99 Å². The number of hydrogen-bond acceptors (Lipinski definition) is 2. The Morgan fingerprint density at radius 3 is 2.50 bits per heavy atom. The van der Waals surface area contributed by atoms with E-state index in [1.54, 1.807) is 6.07 Å². The quantitative estimate of drug-likeness (QED) is 0.800. The van der Waals surface area contributed by atoms with Crippen molar-refractivity contribution in [3.05, 3.63) is 39.0 Å². The van der Waals surface area contributed by atoms with E-state index in [9.17, 15) is 9.18 Å². The summed E-state index contributed by atoms with van der Waals surface area (Å²) in [4.78, 5) is 15.5. The van der Waals surface area contributed by atoms with Crippen LogP contribution in [0.2, 0.25) is 0 Å². The summed E-state index contributed by atoms with van der Waals surface area (Å²) in [6.45, 7) is 7.75. The smallest absolute Gasteiger partial charge is 0.269 e. The highest BCUT2D eigenvalue weighted by Gasteiger charge is 2.11. The van der Waals surface area contributed by atoms with Gasteiger partial charge in [0.15, 0.2) is 5.82 Å². The van der Waals surface area contributed by atoms with Crippen molar-refractivity contribution in [2.45, 2.75) is 33.7 Å². The van der Waals surface area contributed by atoms with E-state index >= 15 is 0 Å². The first kappa shape index (κ1) is 14.8. The Morgan fingerprint density at radius 1 is 1.33 bits per heavy atom. The molecule has 0 aliphatic carbocycles. The predicted molar refractivity (Wildman–Crippen MR) is 75.4 cm³/mol. The molecule has 0 aliphatic rings. The van der Waals surface area contributed by atoms with Crippen molar-refractivity contribution in [2.24, 2.45) is 0 Å². The van der Waals surface area contributed by atoms with Gasteiger partial charge in [-0.2, -0.15) is 0 Å². The Hall–Kier alpha value is -1.23. The maximum atomic E-state index is 13.6. The molecule has 18 heavy (non-hydrogen) atoms. The molecule has 1 aromatic heterocycles. The second-order valence-electron chi connectivity index (χ2n) is 3.82. The lowest BCUT2D eigenvalue weighted by Crippen LogP contribution is -2.22. The molecular weight excluding hydrogens is 299 g/mol. The molecule has 3 nitrogen and oxygen atoms in total. The van der Waals surface area contributed by atoms with Crippen molar-refractivity contribution in [3.8, 4) is 0 Å². The van der Waals surface area contributed by atoms with Crippen LogP contribution in [-0.4, -0.2) is 9.55 Å². The topological polar surface area (TPSA) is 34.9 Å². The molecule has 2 aromatic rings. The molecule has 0 unspecified atom stereocenters. The van der Waals surface area contributed by atoms with Crippen LogP contribution in [0.15, 0.2) is 27.6 Å². The van der Waals surface area contributed by atoms with Crippen molar-refractivity contribution >= 4 is 27.0 Å². The van der Waals surface area contributed by atoms with Crippen molar-refractivity contribution < 1.29 is 4.39 Å². The van der Waals surface area contributed by atoms with Gasteiger partial charge in [0.25, 0.3) is 5.56 Å². The molecule has 98 valence electrons. The van der Waals surface area contributed by atoms with Crippen LogP contribution >= 0.6 is 15.9 Å². The third-order valence-electron chi connectivity index (χ3n) is 2.33. The van der Waals surface area contributed by atoms with Gasteiger partial charge in [-0.15, -0.1) is 0 Å². The molecule has 0 atom stereocenters. The van der Waals surface area contributed by atoms with E-state index < -0.39 is 5.82 Å². The summed E-state index contributed by atoms with van der Waals surface area (Å²) in [6, 6.07) is 3.00. The maximum Gasteiger partial charge on any atom is 0.269 e. The van der Waals surface area contributed by atoms with Crippen LogP contribution in [0.4, 0.5) is 4.39 Å². The minimum absolute atomic E-state index is 0.0355. The average molecular weight is 315 g/mol. The lowest BCUT2D eigenvalue weighted by Gasteiger charge is -2.13. The van der Waals surface area contributed by atoms with Crippen LogP contribution in [0, 0.1) is 5.82 Å². The molecule has 0 fully saturated rings. The summed E-state index contributed by atoms with van der Waals surface area (Å²) in [6.07, 6.45) is 1.15. The second kappa shape index (κ2) is 6.09. The molecule has 0 bridgehead atoms. The van der Waals surface area contributed by atoms with Crippen LogP contribution in [0.5, 0.6) is 0 Å². The fourth-order valence-corrected chi connectivity index (χ4v) is 2.11. The lowest BCUT2D eigenvalue weighted by atomic mass is 10.2.